The Morgan fingerprint density at radius 1 is 0.784 bits per heavy atom. The van der Waals surface area contributed by atoms with Crippen LogP contribution in [0.15, 0.2) is 109 Å². The van der Waals surface area contributed by atoms with Gasteiger partial charge in [0, 0.05) is 42.5 Å². The van der Waals surface area contributed by atoms with Crippen LogP contribution in [0.25, 0.3) is 10.9 Å². The second-order valence-corrected chi connectivity index (χ2v) is 9.97. The molecule has 1 aromatic heterocycles. The number of nitrogens with one attached hydrogen (secondary N) is 1. The topological polar surface area (TPSA) is 34.0 Å². The largest absolute Gasteiger partial charge is 0.356 e. The van der Waals surface area contributed by atoms with E-state index >= 15 is 0 Å². The summed E-state index contributed by atoms with van der Waals surface area (Å²) >= 11 is 0. The van der Waals surface area contributed by atoms with E-state index < -0.39 is 0 Å². The fourth-order valence-corrected chi connectivity index (χ4v) is 5.12. The van der Waals surface area contributed by atoms with E-state index in [9.17, 15) is 4.79 Å². The Labute approximate surface area is 219 Å². The second kappa shape index (κ2) is 11.3. The standard InChI is InChI=1S/C34H34N2O/c1-25-15-17-28(18-16-25)23-36-24-32(30-13-6-7-14-33(30)36)31(29-12-8-9-26(2)21-29)22-34(37)35-20-19-27-10-4-3-5-11-27/h3-18,21,24,31H,19-20,22-23H2,1-2H3,(H,35,37). The van der Waals surface area contributed by atoms with Crippen LogP contribution < -0.4 is 5.32 Å². The molecule has 1 N–H and O–H groups in total. The van der Waals surface area contributed by atoms with Crippen LogP contribution >= 0.6 is 0 Å². The average Bonchev–Trinajstić information content (AvgIpc) is 3.27. The van der Waals surface area contributed by atoms with Gasteiger partial charge >= 0.3 is 0 Å². The third kappa shape index (κ3) is 6.00. The molecule has 0 aliphatic heterocycles. The number of carbonyl (C=O) groups is 1. The summed E-state index contributed by atoms with van der Waals surface area (Å²) in [5, 5.41) is 4.38. The first-order valence-electron chi connectivity index (χ1n) is 13.1. The summed E-state index contributed by atoms with van der Waals surface area (Å²) in [5.74, 6) is 0.0543. The number of rotatable bonds is 9. The van der Waals surface area contributed by atoms with Crippen LogP contribution in [0.5, 0.6) is 0 Å². The van der Waals surface area contributed by atoms with Crippen molar-refractivity contribution in [3.63, 3.8) is 0 Å². The summed E-state index contributed by atoms with van der Waals surface area (Å²) in [6.07, 6.45) is 3.50. The van der Waals surface area contributed by atoms with Gasteiger partial charge in [-0.1, -0.05) is 108 Å². The van der Waals surface area contributed by atoms with Gasteiger partial charge in [-0.15, -0.1) is 0 Å². The monoisotopic (exact) mass is 486 g/mol. The number of para-hydroxylation sites is 1. The fraction of sp³-hybridized carbons (Fsp3) is 0.206. The molecule has 0 saturated heterocycles. The molecule has 1 atom stereocenters. The molecule has 1 amide bonds. The number of benzene rings is 4. The van der Waals surface area contributed by atoms with Crippen molar-refractivity contribution >= 4 is 16.8 Å². The summed E-state index contributed by atoms with van der Waals surface area (Å²) in [6.45, 7) is 5.66. The lowest BCUT2D eigenvalue weighted by atomic mass is 9.87. The molecular formula is C34H34N2O. The van der Waals surface area contributed by atoms with Crippen LogP contribution in [-0.2, 0) is 17.8 Å². The first kappa shape index (κ1) is 24.6. The van der Waals surface area contributed by atoms with E-state index in [0.717, 1.165) is 13.0 Å². The van der Waals surface area contributed by atoms with Crippen LogP contribution in [0.2, 0.25) is 0 Å². The highest BCUT2D eigenvalue weighted by Crippen LogP contribution is 2.35. The molecule has 5 rings (SSSR count). The van der Waals surface area contributed by atoms with Crippen molar-refractivity contribution in [2.24, 2.45) is 0 Å². The Morgan fingerprint density at radius 3 is 2.32 bits per heavy atom. The first-order valence-corrected chi connectivity index (χ1v) is 13.1. The number of aromatic nitrogens is 1. The van der Waals surface area contributed by atoms with E-state index in [0.29, 0.717) is 13.0 Å². The van der Waals surface area contributed by atoms with Gasteiger partial charge in [-0.05, 0) is 48.6 Å². The van der Waals surface area contributed by atoms with Crippen LogP contribution in [0.3, 0.4) is 0 Å². The van der Waals surface area contributed by atoms with Crippen molar-refractivity contribution in [1.29, 1.82) is 0 Å². The van der Waals surface area contributed by atoms with E-state index in [1.54, 1.807) is 0 Å². The zero-order valence-electron chi connectivity index (χ0n) is 21.7. The Bertz CT molecular complexity index is 1480. The van der Waals surface area contributed by atoms with Gasteiger partial charge in [0.1, 0.15) is 0 Å². The number of aryl methyl sites for hydroxylation is 2. The Morgan fingerprint density at radius 2 is 1.54 bits per heavy atom. The quantitative estimate of drug-likeness (QED) is 0.235. The smallest absolute Gasteiger partial charge is 0.220 e. The SMILES string of the molecule is Cc1ccc(Cn2cc(C(CC(=O)NCCc3ccccc3)c3cccc(C)c3)c3ccccc32)cc1. The van der Waals surface area contributed by atoms with Crippen molar-refractivity contribution in [2.75, 3.05) is 6.54 Å². The summed E-state index contributed by atoms with van der Waals surface area (Å²) in [4.78, 5) is 13.2. The molecule has 3 nitrogen and oxygen atoms in total. The molecule has 0 aliphatic rings. The molecule has 0 spiro atoms. The third-order valence-corrected chi connectivity index (χ3v) is 7.08. The number of hydrogen-bond acceptors (Lipinski definition) is 1. The molecule has 37 heavy (non-hydrogen) atoms. The highest BCUT2D eigenvalue weighted by Gasteiger charge is 2.23. The zero-order valence-corrected chi connectivity index (χ0v) is 21.7. The van der Waals surface area contributed by atoms with Crippen LogP contribution in [0, 0.1) is 13.8 Å². The highest BCUT2D eigenvalue weighted by atomic mass is 16.1. The molecule has 4 aromatic carbocycles. The van der Waals surface area contributed by atoms with E-state index in [-0.39, 0.29) is 11.8 Å². The minimum Gasteiger partial charge on any atom is -0.356 e. The van der Waals surface area contributed by atoms with E-state index in [1.165, 1.54) is 44.3 Å². The summed E-state index contributed by atoms with van der Waals surface area (Å²) in [5.41, 5.74) is 8.54. The van der Waals surface area contributed by atoms with Crippen molar-refractivity contribution < 1.29 is 4.79 Å². The minimum atomic E-state index is -0.0270. The van der Waals surface area contributed by atoms with Crippen molar-refractivity contribution in [1.82, 2.24) is 9.88 Å². The van der Waals surface area contributed by atoms with Crippen LogP contribution in [0.4, 0.5) is 0 Å². The number of hydrogen-bond donors (Lipinski definition) is 1. The molecule has 0 radical (unpaired) electrons. The maximum absolute atomic E-state index is 13.2. The summed E-state index contributed by atoms with van der Waals surface area (Å²) in [6, 6.07) is 36.1. The van der Waals surface area contributed by atoms with Crippen LogP contribution in [0.1, 0.15) is 45.7 Å². The molecule has 1 unspecified atom stereocenters. The molecule has 5 aromatic rings. The fourth-order valence-electron chi connectivity index (χ4n) is 5.12. The second-order valence-electron chi connectivity index (χ2n) is 9.97. The average molecular weight is 487 g/mol. The van der Waals surface area contributed by atoms with E-state index in [2.05, 4.69) is 115 Å². The van der Waals surface area contributed by atoms with E-state index in [1.807, 2.05) is 18.2 Å². The lowest BCUT2D eigenvalue weighted by Gasteiger charge is -2.18. The van der Waals surface area contributed by atoms with Crippen LogP contribution in [-0.4, -0.2) is 17.0 Å². The Balaban J connectivity index is 1.44. The van der Waals surface area contributed by atoms with Gasteiger partial charge in [0.25, 0.3) is 0 Å². The van der Waals surface area contributed by atoms with Gasteiger partial charge in [0.2, 0.25) is 5.91 Å². The normalized spacial score (nSPS) is 11.9. The Hall–Kier alpha value is -4.11. The number of fused-ring (bicyclic) bond motifs is 1. The number of amides is 1. The minimum absolute atomic E-state index is 0.0270. The van der Waals surface area contributed by atoms with Crippen molar-refractivity contribution in [3.8, 4) is 0 Å². The lowest BCUT2D eigenvalue weighted by Crippen LogP contribution is -2.27. The molecule has 0 fully saturated rings. The molecular weight excluding hydrogens is 452 g/mol. The van der Waals surface area contributed by atoms with Gasteiger partial charge < -0.3 is 9.88 Å². The molecule has 0 bridgehead atoms. The number of carbonyl (C=O) groups excluding carboxylic acids is 1. The third-order valence-electron chi connectivity index (χ3n) is 7.08. The maximum Gasteiger partial charge on any atom is 0.220 e. The van der Waals surface area contributed by atoms with E-state index in [4.69, 9.17) is 0 Å². The zero-order chi connectivity index (χ0) is 25.6. The highest BCUT2D eigenvalue weighted by molar-refractivity contribution is 5.86. The Kier molecular flexibility index (Phi) is 7.51. The summed E-state index contributed by atoms with van der Waals surface area (Å²) in [7, 11) is 0. The maximum atomic E-state index is 13.2. The molecule has 0 saturated carbocycles. The molecule has 0 aliphatic carbocycles. The molecule has 186 valence electrons. The molecule has 3 heteroatoms. The van der Waals surface area contributed by atoms with Gasteiger partial charge in [-0.25, -0.2) is 0 Å². The predicted octanol–water partition coefficient (Wildman–Crippen LogP) is 7.19. The van der Waals surface area contributed by atoms with Crippen molar-refractivity contribution in [2.45, 2.75) is 39.2 Å². The van der Waals surface area contributed by atoms with Gasteiger partial charge in [-0.2, -0.15) is 0 Å². The van der Waals surface area contributed by atoms with Gasteiger partial charge in [0.05, 0.1) is 0 Å². The summed E-state index contributed by atoms with van der Waals surface area (Å²) < 4.78 is 2.32. The van der Waals surface area contributed by atoms with Crippen molar-refractivity contribution in [3.05, 3.63) is 143 Å². The number of nitrogens with zero attached hydrogens (tertiary/aromatic N) is 1. The molecule has 1 heterocycles. The predicted molar refractivity (Wildman–Crippen MR) is 153 cm³/mol. The first-order chi connectivity index (χ1) is 18.1. The van der Waals surface area contributed by atoms with Gasteiger partial charge in [-0.3, -0.25) is 4.79 Å². The lowest BCUT2D eigenvalue weighted by molar-refractivity contribution is -0.121. The van der Waals surface area contributed by atoms with Gasteiger partial charge in [0.15, 0.2) is 0 Å².